The van der Waals surface area contributed by atoms with Crippen LogP contribution in [0.5, 0.6) is 0 Å². The van der Waals surface area contributed by atoms with Crippen molar-refractivity contribution in [2.75, 3.05) is 20.3 Å². The Kier molecular flexibility index (Phi) is 7.34. The third-order valence-corrected chi connectivity index (χ3v) is 5.56. The van der Waals surface area contributed by atoms with Crippen LogP contribution in [0, 0.1) is 6.92 Å². The normalized spacial score (nSPS) is 11.5. The highest BCUT2D eigenvalue weighted by molar-refractivity contribution is 5.94. The molecule has 164 valence electrons. The van der Waals surface area contributed by atoms with E-state index in [4.69, 9.17) is 4.74 Å². The van der Waals surface area contributed by atoms with Crippen LogP contribution in [0.1, 0.15) is 53.5 Å². The molecular formula is C27H34N2O2. The number of aryl methyl sites for hydroxylation is 1. The third-order valence-electron chi connectivity index (χ3n) is 5.56. The molecule has 0 radical (unpaired) electrons. The van der Waals surface area contributed by atoms with Gasteiger partial charge in [-0.2, -0.15) is 0 Å². The van der Waals surface area contributed by atoms with E-state index in [2.05, 4.69) is 80.9 Å². The lowest BCUT2D eigenvalue weighted by Crippen LogP contribution is -2.34. The number of benzene rings is 2. The first-order valence-corrected chi connectivity index (χ1v) is 10.9. The van der Waals surface area contributed by atoms with Gasteiger partial charge >= 0.3 is 0 Å². The summed E-state index contributed by atoms with van der Waals surface area (Å²) >= 11 is 0. The minimum absolute atomic E-state index is 0.0285. The van der Waals surface area contributed by atoms with Gasteiger partial charge in [0.05, 0.1) is 13.2 Å². The molecule has 0 spiro atoms. The van der Waals surface area contributed by atoms with E-state index in [1.807, 2.05) is 23.1 Å². The van der Waals surface area contributed by atoms with Gasteiger partial charge in [0.2, 0.25) is 0 Å². The summed E-state index contributed by atoms with van der Waals surface area (Å²) in [6.07, 6.45) is 2.08. The first-order chi connectivity index (χ1) is 14.8. The standard InChI is InChI=1S/C27H34N2O2/c1-21-8-6-9-22(18-21)19-28-15-7-10-25(28)20-29(16-17-31-5)26(30)23-11-13-24(14-12-23)27(2,3)4/h6-15,18H,16-17,19-20H2,1-5H3. The van der Waals surface area contributed by atoms with Gasteiger partial charge in [0.15, 0.2) is 0 Å². The number of carbonyl (C=O) groups is 1. The quantitative estimate of drug-likeness (QED) is 0.489. The van der Waals surface area contributed by atoms with E-state index < -0.39 is 0 Å². The van der Waals surface area contributed by atoms with Gasteiger partial charge in [0.25, 0.3) is 5.91 Å². The molecule has 31 heavy (non-hydrogen) atoms. The molecule has 0 atom stereocenters. The molecule has 4 nitrogen and oxygen atoms in total. The molecule has 0 aliphatic rings. The second kappa shape index (κ2) is 9.97. The number of nitrogens with zero attached hydrogens (tertiary/aromatic N) is 2. The van der Waals surface area contributed by atoms with Crippen molar-refractivity contribution < 1.29 is 9.53 Å². The summed E-state index contributed by atoms with van der Waals surface area (Å²) in [4.78, 5) is 15.2. The molecule has 2 aromatic carbocycles. The van der Waals surface area contributed by atoms with Crippen molar-refractivity contribution in [1.29, 1.82) is 0 Å². The van der Waals surface area contributed by atoms with E-state index in [0.29, 0.717) is 25.3 Å². The SMILES string of the molecule is COCCN(Cc1cccn1Cc1cccc(C)c1)C(=O)c1ccc(C(C)(C)C)cc1. The lowest BCUT2D eigenvalue weighted by molar-refractivity contribution is 0.0676. The van der Waals surface area contributed by atoms with Crippen LogP contribution in [-0.4, -0.2) is 35.6 Å². The Morgan fingerprint density at radius 2 is 1.77 bits per heavy atom. The molecule has 0 saturated heterocycles. The van der Waals surface area contributed by atoms with E-state index in [-0.39, 0.29) is 11.3 Å². The average Bonchev–Trinajstić information content (AvgIpc) is 3.16. The molecule has 0 fully saturated rings. The van der Waals surface area contributed by atoms with E-state index in [9.17, 15) is 4.79 Å². The van der Waals surface area contributed by atoms with Crippen molar-refractivity contribution in [3.05, 3.63) is 94.8 Å². The Labute approximate surface area is 186 Å². The predicted molar refractivity (Wildman–Crippen MR) is 126 cm³/mol. The minimum Gasteiger partial charge on any atom is -0.383 e. The number of carbonyl (C=O) groups excluding carboxylic acids is 1. The first-order valence-electron chi connectivity index (χ1n) is 10.9. The van der Waals surface area contributed by atoms with Gasteiger partial charge in [0.1, 0.15) is 0 Å². The highest BCUT2D eigenvalue weighted by Crippen LogP contribution is 2.23. The second-order valence-electron chi connectivity index (χ2n) is 9.16. The number of ether oxygens (including phenoxy) is 1. The van der Waals surface area contributed by atoms with Crippen molar-refractivity contribution in [2.24, 2.45) is 0 Å². The Morgan fingerprint density at radius 1 is 1.03 bits per heavy atom. The number of hydrogen-bond donors (Lipinski definition) is 0. The zero-order valence-corrected chi connectivity index (χ0v) is 19.4. The molecule has 0 aliphatic heterocycles. The van der Waals surface area contributed by atoms with Crippen molar-refractivity contribution in [2.45, 2.75) is 46.2 Å². The molecule has 0 unspecified atom stereocenters. The van der Waals surface area contributed by atoms with E-state index in [0.717, 1.165) is 12.2 Å². The minimum atomic E-state index is 0.0285. The molecular weight excluding hydrogens is 384 g/mol. The molecule has 0 saturated carbocycles. The molecule has 3 aromatic rings. The number of hydrogen-bond acceptors (Lipinski definition) is 2. The Morgan fingerprint density at radius 3 is 2.42 bits per heavy atom. The average molecular weight is 419 g/mol. The molecule has 1 aromatic heterocycles. The zero-order valence-electron chi connectivity index (χ0n) is 19.4. The van der Waals surface area contributed by atoms with E-state index in [1.54, 1.807) is 7.11 Å². The molecule has 1 heterocycles. The van der Waals surface area contributed by atoms with Gasteiger partial charge in [-0.05, 0) is 47.7 Å². The van der Waals surface area contributed by atoms with Crippen LogP contribution in [0.3, 0.4) is 0 Å². The number of aromatic nitrogens is 1. The zero-order chi connectivity index (χ0) is 22.4. The summed E-state index contributed by atoms with van der Waals surface area (Å²) in [6, 6.07) is 20.7. The summed E-state index contributed by atoms with van der Waals surface area (Å²) in [5, 5.41) is 0. The van der Waals surface area contributed by atoms with Gasteiger partial charge in [0, 0.05) is 37.7 Å². The van der Waals surface area contributed by atoms with Crippen molar-refractivity contribution in [1.82, 2.24) is 9.47 Å². The van der Waals surface area contributed by atoms with Crippen LogP contribution < -0.4 is 0 Å². The van der Waals surface area contributed by atoms with Gasteiger partial charge in [-0.3, -0.25) is 4.79 Å². The Bertz CT molecular complexity index is 997. The van der Waals surface area contributed by atoms with Crippen LogP contribution >= 0.6 is 0 Å². The van der Waals surface area contributed by atoms with Crippen LogP contribution in [0.2, 0.25) is 0 Å². The van der Waals surface area contributed by atoms with Gasteiger partial charge in [-0.1, -0.05) is 62.7 Å². The highest BCUT2D eigenvalue weighted by atomic mass is 16.5. The summed E-state index contributed by atoms with van der Waals surface area (Å²) in [6.45, 7) is 11.0. The van der Waals surface area contributed by atoms with E-state index in [1.165, 1.54) is 16.7 Å². The Balaban J connectivity index is 1.79. The number of rotatable bonds is 8. The second-order valence-corrected chi connectivity index (χ2v) is 9.16. The maximum Gasteiger partial charge on any atom is 0.254 e. The predicted octanol–water partition coefficient (Wildman–Crippen LogP) is 5.43. The smallest absolute Gasteiger partial charge is 0.254 e. The number of amides is 1. The molecule has 0 aliphatic carbocycles. The fourth-order valence-electron chi connectivity index (χ4n) is 3.70. The van der Waals surface area contributed by atoms with Gasteiger partial charge in [-0.15, -0.1) is 0 Å². The van der Waals surface area contributed by atoms with Crippen molar-refractivity contribution in [3.63, 3.8) is 0 Å². The topological polar surface area (TPSA) is 34.5 Å². The van der Waals surface area contributed by atoms with Crippen LogP contribution in [0.4, 0.5) is 0 Å². The van der Waals surface area contributed by atoms with Gasteiger partial charge < -0.3 is 14.2 Å². The van der Waals surface area contributed by atoms with Gasteiger partial charge in [-0.25, -0.2) is 0 Å². The molecule has 4 heteroatoms. The fourth-order valence-corrected chi connectivity index (χ4v) is 3.70. The molecule has 1 amide bonds. The maximum atomic E-state index is 13.3. The fraction of sp³-hybridized carbons (Fsp3) is 0.370. The molecule has 3 rings (SSSR count). The summed E-state index contributed by atoms with van der Waals surface area (Å²) in [7, 11) is 1.67. The summed E-state index contributed by atoms with van der Waals surface area (Å²) < 4.78 is 7.49. The van der Waals surface area contributed by atoms with Crippen LogP contribution in [-0.2, 0) is 23.2 Å². The number of methoxy groups -OCH3 is 1. The highest BCUT2D eigenvalue weighted by Gasteiger charge is 2.19. The lowest BCUT2D eigenvalue weighted by atomic mass is 9.86. The van der Waals surface area contributed by atoms with Crippen LogP contribution in [0.15, 0.2) is 66.9 Å². The van der Waals surface area contributed by atoms with Crippen molar-refractivity contribution >= 4 is 5.91 Å². The summed E-state index contributed by atoms with van der Waals surface area (Å²) in [5.74, 6) is 0.0285. The van der Waals surface area contributed by atoms with Crippen LogP contribution in [0.25, 0.3) is 0 Å². The van der Waals surface area contributed by atoms with E-state index >= 15 is 0 Å². The maximum absolute atomic E-state index is 13.3. The molecule has 0 N–H and O–H groups in total. The largest absolute Gasteiger partial charge is 0.383 e. The summed E-state index contributed by atoms with van der Waals surface area (Å²) in [5.41, 5.74) is 5.61. The third kappa shape index (κ3) is 6.08. The lowest BCUT2D eigenvalue weighted by Gasteiger charge is -2.24. The molecule has 0 bridgehead atoms. The first kappa shape index (κ1) is 22.8. The Hall–Kier alpha value is -2.85. The van der Waals surface area contributed by atoms with Crippen molar-refractivity contribution in [3.8, 4) is 0 Å². The monoisotopic (exact) mass is 418 g/mol.